The van der Waals surface area contributed by atoms with E-state index in [0.717, 1.165) is 16.3 Å². The first-order chi connectivity index (χ1) is 9.62. The summed E-state index contributed by atoms with van der Waals surface area (Å²) >= 11 is 0. The number of hydrogen-bond donors (Lipinski definition) is 0. The van der Waals surface area contributed by atoms with Crippen LogP contribution in [0.1, 0.15) is 19.7 Å². The molecule has 2 aromatic carbocycles. The highest BCUT2D eigenvalue weighted by atomic mass is 16.4. The van der Waals surface area contributed by atoms with Crippen LogP contribution in [0.3, 0.4) is 0 Å². The van der Waals surface area contributed by atoms with E-state index < -0.39 is 5.41 Å². The molecule has 0 aliphatic carbocycles. The molecule has 0 fully saturated rings. The number of benzene rings is 2. The van der Waals surface area contributed by atoms with Gasteiger partial charge in [0.25, 0.3) is 0 Å². The van der Waals surface area contributed by atoms with Gasteiger partial charge >= 0.3 is 0 Å². The van der Waals surface area contributed by atoms with Crippen LogP contribution in [0.4, 0.5) is 0 Å². The Morgan fingerprint density at radius 1 is 1.05 bits per heavy atom. The minimum Gasteiger partial charge on any atom is -0.419 e. The fourth-order valence-electron chi connectivity index (χ4n) is 2.04. The van der Waals surface area contributed by atoms with Crippen LogP contribution in [0.5, 0.6) is 0 Å². The van der Waals surface area contributed by atoms with Crippen LogP contribution in [0, 0.1) is 11.3 Å². The van der Waals surface area contributed by atoms with Crippen molar-refractivity contribution in [2.75, 3.05) is 0 Å². The second kappa shape index (κ2) is 4.46. The molecule has 0 saturated heterocycles. The van der Waals surface area contributed by atoms with E-state index >= 15 is 0 Å². The minimum absolute atomic E-state index is 0.336. The van der Waals surface area contributed by atoms with Crippen molar-refractivity contribution < 1.29 is 4.42 Å². The van der Waals surface area contributed by atoms with Crippen molar-refractivity contribution in [3.05, 3.63) is 48.4 Å². The minimum atomic E-state index is -0.782. The molecule has 0 aliphatic heterocycles. The van der Waals surface area contributed by atoms with Crippen LogP contribution < -0.4 is 0 Å². The van der Waals surface area contributed by atoms with Gasteiger partial charge in [0.2, 0.25) is 11.8 Å². The molecule has 0 radical (unpaired) electrons. The maximum atomic E-state index is 9.12. The van der Waals surface area contributed by atoms with E-state index in [1.165, 1.54) is 0 Å². The molecule has 20 heavy (non-hydrogen) atoms. The van der Waals surface area contributed by atoms with E-state index in [4.69, 9.17) is 9.68 Å². The zero-order chi connectivity index (χ0) is 14.2. The lowest BCUT2D eigenvalue weighted by Crippen LogP contribution is -2.14. The fourth-order valence-corrected chi connectivity index (χ4v) is 2.04. The van der Waals surface area contributed by atoms with Gasteiger partial charge in [-0.1, -0.05) is 36.4 Å². The predicted molar refractivity (Wildman–Crippen MR) is 75.9 cm³/mol. The molecule has 1 aromatic heterocycles. The standard InChI is InChI=1S/C16H13N3O/c1-16(2,10-17)15-19-18-14(20-15)13-9-5-7-11-6-3-4-8-12(11)13/h3-9H,1-2H3. The highest BCUT2D eigenvalue weighted by Crippen LogP contribution is 2.30. The number of aromatic nitrogens is 2. The SMILES string of the molecule is CC(C)(C#N)c1nnc(-c2cccc3ccccc23)o1. The highest BCUT2D eigenvalue weighted by molar-refractivity contribution is 5.94. The first-order valence-electron chi connectivity index (χ1n) is 6.35. The topological polar surface area (TPSA) is 62.7 Å². The summed E-state index contributed by atoms with van der Waals surface area (Å²) in [5.74, 6) is 0.781. The molecule has 4 nitrogen and oxygen atoms in total. The summed E-state index contributed by atoms with van der Waals surface area (Å²) in [5.41, 5.74) is 0.103. The summed E-state index contributed by atoms with van der Waals surface area (Å²) < 4.78 is 5.69. The monoisotopic (exact) mass is 263 g/mol. The first-order valence-corrected chi connectivity index (χ1v) is 6.35. The Bertz CT molecular complexity index is 806. The van der Waals surface area contributed by atoms with Crippen LogP contribution in [-0.4, -0.2) is 10.2 Å². The van der Waals surface area contributed by atoms with Crippen LogP contribution in [0.2, 0.25) is 0 Å². The molecule has 0 saturated carbocycles. The lowest BCUT2D eigenvalue weighted by molar-refractivity contribution is 0.435. The first kappa shape index (κ1) is 12.4. The summed E-state index contributed by atoms with van der Waals surface area (Å²) in [6.07, 6.45) is 0. The molecule has 3 aromatic rings. The van der Waals surface area contributed by atoms with Gasteiger partial charge in [-0.3, -0.25) is 0 Å². The van der Waals surface area contributed by atoms with Crippen LogP contribution >= 0.6 is 0 Å². The van der Waals surface area contributed by atoms with Gasteiger partial charge < -0.3 is 4.42 Å². The molecular formula is C16H13N3O. The highest BCUT2D eigenvalue weighted by Gasteiger charge is 2.27. The third kappa shape index (κ3) is 1.94. The van der Waals surface area contributed by atoms with Crippen molar-refractivity contribution in [1.29, 1.82) is 5.26 Å². The van der Waals surface area contributed by atoms with Gasteiger partial charge in [-0.25, -0.2) is 0 Å². The van der Waals surface area contributed by atoms with Gasteiger partial charge in [-0.2, -0.15) is 5.26 Å². The Hall–Kier alpha value is -2.67. The normalized spacial score (nSPS) is 11.4. The van der Waals surface area contributed by atoms with Gasteiger partial charge in [0.15, 0.2) is 0 Å². The molecule has 0 bridgehead atoms. The maximum Gasteiger partial charge on any atom is 0.248 e. The molecule has 3 rings (SSSR count). The van der Waals surface area contributed by atoms with E-state index in [-0.39, 0.29) is 0 Å². The molecule has 0 unspecified atom stereocenters. The van der Waals surface area contributed by atoms with Crippen molar-refractivity contribution in [3.63, 3.8) is 0 Å². The van der Waals surface area contributed by atoms with Gasteiger partial charge in [-0.15, -0.1) is 10.2 Å². The van der Waals surface area contributed by atoms with Crippen molar-refractivity contribution in [1.82, 2.24) is 10.2 Å². The number of fused-ring (bicyclic) bond motifs is 1. The summed E-state index contributed by atoms with van der Waals surface area (Å²) in [7, 11) is 0. The Morgan fingerprint density at radius 3 is 2.60 bits per heavy atom. The average molecular weight is 263 g/mol. The van der Waals surface area contributed by atoms with E-state index in [0.29, 0.717) is 11.8 Å². The van der Waals surface area contributed by atoms with Crippen LogP contribution in [0.25, 0.3) is 22.2 Å². The molecule has 0 atom stereocenters. The number of rotatable bonds is 2. The Kier molecular flexibility index (Phi) is 2.76. The Labute approximate surface area is 116 Å². The zero-order valence-corrected chi connectivity index (χ0v) is 11.3. The summed E-state index contributed by atoms with van der Waals surface area (Å²) in [5, 5.41) is 19.4. The third-order valence-corrected chi connectivity index (χ3v) is 3.26. The second-order valence-corrected chi connectivity index (χ2v) is 5.18. The lowest BCUT2D eigenvalue weighted by atomic mass is 9.96. The summed E-state index contributed by atoms with van der Waals surface area (Å²) in [4.78, 5) is 0. The fraction of sp³-hybridized carbons (Fsp3) is 0.188. The molecule has 98 valence electrons. The molecule has 0 amide bonds. The molecule has 1 heterocycles. The zero-order valence-electron chi connectivity index (χ0n) is 11.3. The third-order valence-electron chi connectivity index (χ3n) is 3.26. The summed E-state index contributed by atoms with van der Waals surface area (Å²) in [6, 6.07) is 16.1. The van der Waals surface area contributed by atoms with Gasteiger partial charge in [0, 0.05) is 5.56 Å². The average Bonchev–Trinajstić information content (AvgIpc) is 2.97. The van der Waals surface area contributed by atoms with Crippen molar-refractivity contribution >= 4 is 10.8 Å². The lowest BCUT2D eigenvalue weighted by Gasteiger charge is -2.07. The van der Waals surface area contributed by atoms with Crippen molar-refractivity contribution in [2.24, 2.45) is 0 Å². The molecule has 4 heteroatoms. The molecule has 0 N–H and O–H groups in total. The van der Waals surface area contributed by atoms with E-state index in [2.05, 4.69) is 16.3 Å². The maximum absolute atomic E-state index is 9.12. The van der Waals surface area contributed by atoms with Crippen molar-refractivity contribution in [3.8, 4) is 17.5 Å². The van der Waals surface area contributed by atoms with E-state index in [1.807, 2.05) is 42.5 Å². The Balaban J connectivity index is 2.16. The number of hydrogen-bond acceptors (Lipinski definition) is 4. The Morgan fingerprint density at radius 2 is 1.80 bits per heavy atom. The predicted octanol–water partition coefficient (Wildman–Crippen LogP) is 3.69. The second-order valence-electron chi connectivity index (χ2n) is 5.18. The van der Waals surface area contributed by atoms with Crippen LogP contribution in [-0.2, 0) is 5.41 Å². The number of nitriles is 1. The van der Waals surface area contributed by atoms with E-state index in [9.17, 15) is 0 Å². The van der Waals surface area contributed by atoms with Crippen LogP contribution in [0.15, 0.2) is 46.9 Å². The quantitative estimate of drug-likeness (QED) is 0.707. The largest absolute Gasteiger partial charge is 0.419 e. The molecule has 0 aliphatic rings. The van der Waals surface area contributed by atoms with Gasteiger partial charge in [0.05, 0.1) is 6.07 Å². The number of nitrogens with zero attached hydrogens (tertiary/aromatic N) is 3. The van der Waals surface area contributed by atoms with Gasteiger partial charge in [-0.05, 0) is 30.7 Å². The molecular weight excluding hydrogens is 250 g/mol. The van der Waals surface area contributed by atoms with E-state index in [1.54, 1.807) is 13.8 Å². The smallest absolute Gasteiger partial charge is 0.248 e. The molecule has 0 spiro atoms. The van der Waals surface area contributed by atoms with Crippen molar-refractivity contribution in [2.45, 2.75) is 19.3 Å². The van der Waals surface area contributed by atoms with Gasteiger partial charge in [0.1, 0.15) is 5.41 Å². The summed E-state index contributed by atoms with van der Waals surface area (Å²) in [6.45, 7) is 3.51.